The zero-order valence-corrected chi connectivity index (χ0v) is 16.3. The number of aromatic nitrogens is 2. The molecule has 0 bridgehead atoms. The predicted molar refractivity (Wildman–Crippen MR) is 112 cm³/mol. The molecule has 0 aromatic carbocycles. The summed E-state index contributed by atoms with van der Waals surface area (Å²) in [6.45, 7) is 1.64. The maximum atomic E-state index is 13.1. The van der Waals surface area contributed by atoms with Crippen molar-refractivity contribution < 1.29 is 9.53 Å². The van der Waals surface area contributed by atoms with E-state index in [2.05, 4.69) is 20.2 Å². The molecule has 4 rings (SSSR count). The van der Waals surface area contributed by atoms with Crippen LogP contribution in [0.4, 0.5) is 16.4 Å². The van der Waals surface area contributed by atoms with Crippen molar-refractivity contribution in [1.82, 2.24) is 9.97 Å². The van der Waals surface area contributed by atoms with Gasteiger partial charge in [0, 0.05) is 31.5 Å². The number of pyridine rings is 2. The van der Waals surface area contributed by atoms with Crippen molar-refractivity contribution in [1.29, 1.82) is 0 Å². The molecule has 9 heteroatoms. The molecule has 5 N–H and O–H groups in total. The topological polar surface area (TPSA) is 119 Å². The molecule has 1 aliphatic heterocycles. The van der Waals surface area contributed by atoms with Crippen LogP contribution in [0.2, 0.25) is 0 Å². The van der Waals surface area contributed by atoms with Crippen LogP contribution in [0.3, 0.4) is 0 Å². The van der Waals surface area contributed by atoms with Crippen molar-refractivity contribution in [3.63, 3.8) is 0 Å². The van der Waals surface area contributed by atoms with Crippen LogP contribution in [0, 0.1) is 0 Å². The Morgan fingerprint density at radius 2 is 2.25 bits per heavy atom. The normalized spacial score (nSPS) is 16.9. The van der Waals surface area contributed by atoms with Gasteiger partial charge in [0.2, 0.25) is 0 Å². The van der Waals surface area contributed by atoms with Crippen LogP contribution in [0.15, 0.2) is 30.7 Å². The number of methoxy groups -OCH3 is 1. The van der Waals surface area contributed by atoms with Crippen LogP contribution < -0.4 is 26.4 Å². The second kappa shape index (κ2) is 7.61. The first-order chi connectivity index (χ1) is 13.6. The Morgan fingerprint density at radius 1 is 1.39 bits per heavy atom. The first kappa shape index (κ1) is 18.5. The number of carbonyl (C=O) groups is 1. The minimum absolute atomic E-state index is 0.124. The summed E-state index contributed by atoms with van der Waals surface area (Å²) in [5, 5.41) is 3.36. The number of nitrogens with zero attached hydrogens (tertiary/aromatic N) is 3. The van der Waals surface area contributed by atoms with Gasteiger partial charge in [0.15, 0.2) is 0 Å². The number of piperidine rings is 1. The molecule has 146 valence electrons. The molecule has 3 aromatic rings. The van der Waals surface area contributed by atoms with E-state index in [9.17, 15) is 4.79 Å². The molecule has 0 unspecified atom stereocenters. The summed E-state index contributed by atoms with van der Waals surface area (Å²) in [7, 11) is 1.58. The van der Waals surface area contributed by atoms with Crippen LogP contribution in [-0.4, -0.2) is 42.1 Å². The molecule has 0 spiro atoms. The summed E-state index contributed by atoms with van der Waals surface area (Å²) in [4.78, 5) is 23.8. The van der Waals surface area contributed by atoms with E-state index in [0.29, 0.717) is 27.5 Å². The molecule has 1 amide bonds. The van der Waals surface area contributed by atoms with E-state index in [-0.39, 0.29) is 11.9 Å². The molecule has 8 nitrogen and oxygen atoms in total. The Kier molecular flexibility index (Phi) is 5.01. The van der Waals surface area contributed by atoms with Gasteiger partial charge in [0.1, 0.15) is 16.3 Å². The van der Waals surface area contributed by atoms with E-state index in [4.69, 9.17) is 16.2 Å². The first-order valence-electron chi connectivity index (χ1n) is 9.05. The second-order valence-corrected chi connectivity index (χ2v) is 7.78. The lowest BCUT2D eigenvalue weighted by Crippen LogP contribution is -2.43. The Morgan fingerprint density at radius 3 is 3.04 bits per heavy atom. The minimum atomic E-state index is -0.319. The standard InChI is InChI=1S/C19H22N6O2S/c1-27-14-5-7-23-16-15(18(21)28-17(14)16)19(26)24-12-9-22-6-4-13(12)25-8-2-3-11(20)10-25/h4-7,9,11H,2-3,8,10,20-21H2,1H3,(H,24,26)/t11-/m0/s1. The fourth-order valence-corrected chi connectivity index (χ4v) is 4.55. The fraction of sp³-hybridized carbons (Fsp3) is 0.316. The van der Waals surface area contributed by atoms with E-state index >= 15 is 0 Å². The third-order valence-electron chi connectivity index (χ3n) is 4.86. The van der Waals surface area contributed by atoms with Gasteiger partial charge < -0.3 is 26.4 Å². The Hall–Kier alpha value is -2.91. The predicted octanol–water partition coefficient (Wildman–Crippen LogP) is 2.46. The Balaban J connectivity index is 1.67. The lowest BCUT2D eigenvalue weighted by molar-refractivity contribution is 0.102. The van der Waals surface area contributed by atoms with E-state index in [1.807, 2.05) is 6.07 Å². The van der Waals surface area contributed by atoms with Gasteiger partial charge in [-0.05, 0) is 25.0 Å². The van der Waals surface area contributed by atoms with Gasteiger partial charge >= 0.3 is 0 Å². The molecule has 1 atom stereocenters. The number of nitrogen functional groups attached to an aromatic ring is 1. The number of nitrogens with one attached hydrogen (secondary N) is 1. The Labute approximate surface area is 166 Å². The average Bonchev–Trinajstić information content (AvgIpc) is 3.04. The highest BCUT2D eigenvalue weighted by atomic mass is 32.1. The molecule has 0 radical (unpaired) electrons. The number of carbonyl (C=O) groups excluding carboxylic acids is 1. The molecular weight excluding hydrogens is 376 g/mol. The molecule has 4 heterocycles. The zero-order valence-electron chi connectivity index (χ0n) is 15.5. The quantitative estimate of drug-likeness (QED) is 0.617. The van der Waals surface area contributed by atoms with Crippen molar-refractivity contribution in [2.45, 2.75) is 18.9 Å². The maximum absolute atomic E-state index is 13.1. The van der Waals surface area contributed by atoms with Crippen LogP contribution in [0.5, 0.6) is 5.75 Å². The van der Waals surface area contributed by atoms with Crippen LogP contribution in [0.1, 0.15) is 23.2 Å². The number of amides is 1. The minimum Gasteiger partial charge on any atom is -0.495 e. The zero-order chi connectivity index (χ0) is 19.7. The summed E-state index contributed by atoms with van der Waals surface area (Å²) in [6, 6.07) is 3.77. The van der Waals surface area contributed by atoms with Crippen LogP contribution in [0.25, 0.3) is 10.2 Å². The van der Waals surface area contributed by atoms with Gasteiger partial charge in [-0.25, -0.2) is 0 Å². The van der Waals surface area contributed by atoms with Gasteiger partial charge in [-0.1, -0.05) is 0 Å². The monoisotopic (exact) mass is 398 g/mol. The van der Waals surface area contributed by atoms with Gasteiger partial charge in [-0.15, -0.1) is 11.3 Å². The number of hydrogen-bond donors (Lipinski definition) is 3. The molecule has 28 heavy (non-hydrogen) atoms. The van der Waals surface area contributed by atoms with Gasteiger partial charge in [-0.3, -0.25) is 14.8 Å². The number of ether oxygens (including phenoxy) is 1. The number of thiophene rings is 1. The number of fused-ring (bicyclic) bond motifs is 1. The van der Waals surface area contributed by atoms with Crippen molar-refractivity contribution >= 4 is 43.8 Å². The third kappa shape index (κ3) is 3.34. The molecular formula is C19H22N6O2S. The number of nitrogens with two attached hydrogens (primary N) is 2. The van der Waals surface area contributed by atoms with Crippen molar-refractivity contribution in [2.24, 2.45) is 5.73 Å². The second-order valence-electron chi connectivity index (χ2n) is 6.73. The van der Waals surface area contributed by atoms with Crippen molar-refractivity contribution in [3.8, 4) is 5.75 Å². The van der Waals surface area contributed by atoms with Crippen LogP contribution in [-0.2, 0) is 0 Å². The van der Waals surface area contributed by atoms with E-state index in [1.54, 1.807) is 31.8 Å². The lowest BCUT2D eigenvalue weighted by Gasteiger charge is -2.33. The highest BCUT2D eigenvalue weighted by molar-refractivity contribution is 7.23. The first-order valence-corrected chi connectivity index (χ1v) is 9.87. The largest absolute Gasteiger partial charge is 0.495 e. The average molecular weight is 398 g/mol. The third-order valence-corrected chi connectivity index (χ3v) is 5.88. The molecule has 1 aliphatic rings. The van der Waals surface area contributed by atoms with Gasteiger partial charge in [0.05, 0.1) is 34.9 Å². The molecule has 1 fully saturated rings. The van der Waals surface area contributed by atoms with Crippen molar-refractivity contribution in [2.75, 3.05) is 36.1 Å². The van der Waals surface area contributed by atoms with E-state index in [1.165, 1.54) is 11.3 Å². The van der Waals surface area contributed by atoms with E-state index < -0.39 is 0 Å². The van der Waals surface area contributed by atoms with Gasteiger partial charge in [0.25, 0.3) is 5.91 Å². The summed E-state index contributed by atoms with van der Waals surface area (Å²) in [6.07, 6.45) is 6.99. The van der Waals surface area contributed by atoms with Gasteiger partial charge in [-0.2, -0.15) is 0 Å². The molecule has 0 saturated carbocycles. The molecule has 1 saturated heterocycles. The molecule has 3 aromatic heterocycles. The van der Waals surface area contributed by atoms with E-state index in [0.717, 1.165) is 36.3 Å². The number of rotatable bonds is 4. The number of anilines is 3. The molecule has 0 aliphatic carbocycles. The summed E-state index contributed by atoms with van der Waals surface area (Å²) < 4.78 is 6.11. The fourth-order valence-electron chi connectivity index (χ4n) is 3.54. The maximum Gasteiger partial charge on any atom is 0.260 e. The summed E-state index contributed by atoms with van der Waals surface area (Å²) in [5.41, 5.74) is 14.7. The smallest absolute Gasteiger partial charge is 0.260 e. The summed E-state index contributed by atoms with van der Waals surface area (Å²) in [5.74, 6) is 0.324. The highest BCUT2D eigenvalue weighted by Crippen LogP contribution is 2.38. The van der Waals surface area contributed by atoms with Crippen LogP contribution >= 0.6 is 11.3 Å². The summed E-state index contributed by atoms with van der Waals surface area (Å²) >= 11 is 1.29. The number of hydrogen-bond acceptors (Lipinski definition) is 8. The Bertz CT molecular complexity index is 1020. The lowest BCUT2D eigenvalue weighted by atomic mass is 10.1. The SMILES string of the molecule is COc1ccnc2c(C(=O)Nc3cnccc3N3CCC[C@H](N)C3)c(N)sc12. The van der Waals surface area contributed by atoms with Crippen molar-refractivity contribution in [3.05, 3.63) is 36.3 Å². The highest BCUT2D eigenvalue weighted by Gasteiger charge is 2.24.